The van der Waals surface area contributed by atoms with Crippen LogP contribution in [0.15, 0.2) is 16.6 Å². The van der Waals surface area contributed by atoms with E-state index in [-0.39, 0.29) is 5.91 Å². The number of rotatable bonds is 2. The van der Waals surface area contributed by atoms with Gasteiger partial charge in [0.05, 0.1) is 0 Å². The van der Waals surface area contributed by atoms with Crippen molar-refractivity contribution in [2.75, 3.05) is 6.54 Å². The highest BCUT2D eigenvalue weighted by molar-refractivity contribution is 9.10. The standard InChI is InChI=1S/C13H13BrClNO3/c1-7(13(18)19)12(17)16-3-2-10-8(6-16)4-9(14)5-11(10)15/h4-5,7H,2-3,6H2,1H3,(H,18,19). The van der Waals surface area contributed by atoms with Crippen LogP contribution in [0.25, 0.3) is 0 Å². The molecule has 0 radical (unpaired) electrons. The average Bonchev–Trinajstić information content (AvgIpc) is 2.35. The Bertz CT molecular complexity index is 547. The highest BCUT2D eigenvalue weighted by atomic mass is 79.9. The molecule has 2 rings (SSSR count). The van der Waals surface area contributed by atoms with E-state index in [2.05, 4.69) is 15.9 Å². The summed E-state index contributed by atoms with van der Waals surface area (Å²) in [5, 5.41) is 9.57. The summed E-state index contributed by atoms with van der Waals surface area (Å²) in [5.74, 6) is -2.46. The molecular formula is C13H13BrClNO3. The predicted molar refractivity (Wildman–Crippen MR) is 75.1 cm³/mol. The number of nitrogens with zero attached hydrogens (tertiary/aromatic N) is 1. The summed E-state index contributed by atoms with van der Waals surface area (Å²) in [4.78, 5) is 24.5. The molecule has 1 aliphatic rings. The lowest BCUT2D eigenvalue weighted by Crippen LogP contribution is -2.41. The van der Waals surface area contributed by atoms with Crippen LogP contribution in [-0.2, 0) is 22.6 Å². The van der Waals surface area contributed by atoms with Crippen LogP contribution in [-0.4, -0.2) is 28.4 Å². The number of amides is 1. The van der Waals surface area contributed by atoms with Crippen molar-refractivity contribution in [3.8, 4) is 0 Å². The lowest BCUT2D eigenvalue weighted by molar-refractivity contribution is -0.150. The third kappa shape index (κ3) is 2.92. The van der Waals surface area contributed by atoms with Gasteiger partial charge >= 0.3 is 5.97 Å². The number of carbonyl (C=O) groups excluding carboxylic acids is 1. The minimum Gasteiger partial charge on any atom is -0.481 e. The van der Waals surface area contributed by atoms with Gasteiger partial charge in [-0.2, -0.15) is 0 Å². The Balaban J connectivity index is 2.23. The zero-order chi connectivity index (χ0) is 14.2. The van der Waals surface area contributed by atoms with Crippen LogP contribution in [0.3, 0.4) is 0 Å². The minimum absolute atomic E-state index is 0.353. The van der Waals surface area contributed by atoms with E-state index in [4.69, 9.17) is 16.7 Å². The fraction of sp³-hybridized carbons (Fsp3) is 0.385. The molecule has 0 bridgehead atoms. The van der Waals surface area contributed by atoms with Crippen LogP contribution in [0.5, 0.6) is 0 Å². The molecule has 1 heterocycles. The van der Waals surface area contributed by atoms with Gasteiger partial charge in [0, 0.05) is 22.6 Å². The van der Waals surface area contributed by atoms with Gasteiger partial charge in [0.25, 0.3) is 0 Å². The van der Waals surface area contributed by atoms with Crippen LogP contribution in [0.2, 0.25) is 5.02 Å². The van der Waals surface area contributed by atoms with Gasteiger partial charge in [-0.3, -0.25) is 9.59 Å². The van der Waals surface area contributed by atoms with Gasteiger partial charge in [0.15, 0.2) is 0 Å². The number of fused-ring (bicyclic) bond motifs is 1. The Hall–Kier alpha value is -1.07. The van der Waals surface area contributed by atoms with Crippen molar-refractivity contribution in [1.29, 1.82) is 0 Å². The second-order valence-corrected chi connectivity index (χ2v) is 5.92. The molecule has 1 aromatic carbocycles. The predicted octanol–water partition coefficient (Wildman–Crippen LogP) is 2.71. The summed E-state index contributed by atoms with van der Waals surface area (Å²) >= 11 is 9.53. The van der Waals surface area contributed by atoms with Gasteiger partial charge in [0.1, 0.15) is 5.92 Å². The molecule has 1 amide bonds. The first-order chi connectivity index (χ1) is 8.90. The van der Waals surface area contributed by atoms with Crippen molar-refractivity contribution in [1.82, 2.24) is 4.90 Å². The molecule has 1 aromatic rings. The second-order valence-electron chi connectivity index (χ2n) is 4.60. The monoisotopic (exact) mass is 345 g/mol. The Morgan fingerprint density at radius 2 is 2.16 bits per heavy atom. The number of hydrogen-bond donors (Lipinski definition) is 1. The highest BCUT2D eigenvalue weighted by Gasteiger charge is 2.29. The fourth-order valence-electron chi connectivity index (χ4n) is 2.18. The van der Waals surface area contributed by atoms with E-state index in [1.807, 2.05) is 12.1 Å². The van der Waals surface area contributed by atoms with Crippen molar-refractivity contribution in [2.24, 2.45) is 5.92 Å². The smallest absolute Gasteiger partial charge is 0.315 e. The van der Waals surface area contributed by atoms with E-state index >= 15 is 0 Å². The van der Waals surface area contributed by atoms with Crippen LogP contribution in [0.1, 0.15) is 18.1 Å². The van der Waals surface area contributed by atoms with Gasteiger partial charge in [-0.25, -0.2) is 0 Å². The van der Waals surface area contributed by atoms with Crippen LogP contribution < -0.4 is 0 Å². The molecule has 0 aromatic heterocycles. The first kappa shape index (κ1) is 14.3. The van der Waals surface area contributed by atoms with E-state index in [1.165, 1.54) is 6.92 Å². The maximum atomic E-state index is 12.0. The maximum Gasteiger partial charge on any atom is 0.315 e. The third-order valence-electron chi connectivity index (χ3n) is 3.30. The molecule has 1 aliphatic heterocycles. The van der Waals surface area contributed by atoms with Crippen LogP contribution in [0.4, 0.5) is 0 Å². The number of benzene rings is 1. The van der Waals surface area contributed by atoms with Gasteiger partial charge in [-0.1, -0.05) is 27.5 Å². The molecular weight excluding hydrogens is 334 g/mol. The number of halogens is 2. The van der Waals surface area contributed by atoms with E-state index < -0.39 is 11.9 Å². The number of carboxylic acids is 1. The third-order valence-corrected chi connectivity index (χ3v) is 4.09. The highest BCUT2D eigenvalue weighted by Crippen LogP contribution is 2.30. The summed E-state index contributed by atoms with van der Waals surface area (Å²) in [6, 6.07) is 3.75. The van der Waals surface area contributed by atoms with Gasteiger partial charge in [0.2, 0.25) is 5.91 Å². The lowest BCUT2D eigenvalue weighted by atomic mass is 9.98. The quantitative estimate of drug-likeness (QED) is 0.838. The van der Waals surface area contributed by atoms with Gasteiger partial charge in [-0.05, 0) is 36.6 Å². The van der Waals surface area contributed by atoms with Crippen LogP contribution >= 0.6 is 27.5 Å². The molecule has 0 saturated carbocycles. The Morgan fingerprint density at radius 1 is 1.47 bits per heavy atom. The molecule has 1 N–H and O–H groups in total. The topological polar surface area (TPSA) is 57.6 Å². The first-order valence-corrected chi connectivity index (χ1v) is 7.05. The van der Waals surface area contributed by atoms with Crippen molar-refractivity contribution in [2.45, 2.75) is 19.9 Å². The minimum atomic E-state index is -1.09. The Kier molecular flexibility index (Phi) is 4.16. The molecule has 1 atom stereocenters. The van der Waals surface area contributed by atoms with E-state index in [0.29, 0.717) is 24.5 Å². The lowest BCUT2D eigenvalue weighted by Gasteiger charge is -2.30. The van der Waals surface area contributed by atoms with E-state index in [1.54, 1.807) is 4.90 Å². The molecule has 0 saturated heterocycles. The zero-order valence-corrected chi connectivity index (χ0v) is 12.7. The summed E-state index contributed by atoms with van der Waals surface area (Å²) in [6.45, 7) is 2.32. The molecule has 6 heteroatoms. The molecule has 4 nitrogen and oxygen atoms in total. The zero-order valence-electron chi connectivity index (χ0n) is 10.3. The first-order valence-electron chi connectivity index (χ1n) is 5.88. The van der Waals surface area contributed by atoms with Crippen molar-refractivity contribution in [3.63, 3.8) is 0 Å². The van der Waals surface area contributed by atoms with Gasteiger partial charge in [-0.15, -0.1) is 0 Å². The maximum absolute atomic E-state index is 12.0. The summed E-state index contributed by atoms with van der Waals surface area (Å²) in [6.07, 6.45) is 0.652. The molecule has 0 spiro atoms. The Morgan fingerprint density at radius 3 is 2.79 bits per heavy atom. The van der Waals surface area contributed by atoms with E-state index in [9.17, 15) is 9.59 Å². The van der Waals surface area contributed by atoms with Crippen molar-refractivity contribution >= 4 is 39.4 Å². The van der Waals surface area contributed by atoms with Crippen LogP contribution in [0, 0.1) is 5.92 Å². The summed E-state index contributed by atoms with van der Waals surface area (Å²) in [7, 11) is 0. The Labute approximate surface area is 124 Å². The average molecular weight is 347 g/mol. The summed E-state index contributed by atoms with van der Waals surface area (Å²) < 4.78 is 0.858. The number of hydrogen-bond acceptors (Lipinski definition) is 2. The number of carbonyl (C=O) groups is 2. The molecule has 0 fully saturated rings. The van der Waals surface area contributed by atoms with Crippen molar-refractivity contribution in [3.05, 3.63) is 32.8 Å². The normalized spacial score (nSPS) is 15.8. The van der Waals surface area contributed by atoms with E-state index in [0.717, 1.165) is 15.6 Å². The largest absolute Gasteiger partial charge is 0.481 e. The SMILES string of the molecule is CC(C(=O)O)C(=O)N1CCc2c(Cl)cc(Br)cc2C1. The molecule has 102 valence electrons. The molecule has 0 aliphatic carbocycles. The number of aliphatic carboxylic acids is 1. The summed E-state index contributed by atoms with van der Waals surface area (Å²) in [5.41, 5.74) is 2.01. The fourth-order valence-corrected chi connectivity index (χ4v) is 3.15. The van der Waals surface area contributed by atoms with Crippen molar-refractivity contribution < 1.29 is 14.7 Å². The second kappa shape index (κ2) is 5.51. The molecule has 1 unspecified atom stereocenters. The molecule has 19 heavy (non-hydrogen) atoms. The van der Waals surface area contributed by atoms with Gasteiger partial charge < -0.3 is 10.0 Å². The number of carboxylic acid groups (broad SMARTS) is 1.